The molecule has 0 amide bonds. The van der Waals surface area contributed by atoms with Gasteiger partial charge < -0.3 is 15.5 Å². The van der Waals surface area contributed by atoms with E-state index in [9.17, 15) is 0 Å². The lowest BCUT2D eigenvalue weighted by molar-refractivity contribution is 0.315. The van der Waals surface area contributed by atoms with Crippen LogP contribution in [0.3, 0.4) is 0 Å². The van der Waals surface area contributed by atoms with Crippen LogP contribution in [0, 0.1) is 0 Å². The monoisotopic (exact) mass is 219 g/mol. The van der Waals surface area contributed by atoms with Gasteiger partial charge in [0.2, 0.25) is 0 Å². The Morgan fingerprint density at radius 2 is 2.12 bits per heavy atom. The van der Waals surface area contributed by atoms with Gasteiger partial charge in [0.05, 0.1) is 0 Å². The van der Waals surface area contributed by atoms with Crippen molar-refractivity contribution in [3.63, 3.8) is 0 Å². The highest BCUT2D eigenvalue weighted by Crippen LogP contribution is 2.25. The Morgan fingerprint density at radius 3 is 2.75 bits per heavy atom. The highest BCUT2D eigenvalue weighted by Gasteiger charge is 2.24. The molecule has 0 aromatic heterocycles. The first-order valence-electron chi connectivity index (χ1n) is 5.91. The molecule has 2 rings (SSSR count). The van der Waals surface area contributed by atoms with Crippen LogP contribution in [0.5, 0.6) is 0 Å². The lowest BCUT2D eigenvalue weighted by atomic mass is 10.1. The maximum absolute atomic E-state index is 5.78. The van der Waals surface area contributed by atoms with Crippen LogP contribution in [0.15, 0.2) is 24.3 Å². The molecule has 1 fully saturated rings. The standard InChI is InChI=1S/C13H21N3/c1-15(2)12-7-8-16(10-12)13-6-4-3-5-11(13)9-14/h3-6,12H,7-10,14H2,1-2H3. The fourth-order valence-electron chi connectivity index (χ4n) is 2.37. The van der Waals surface area contributed by atoms with Crippen molar-refractivity contribution < 1.29 is 0 Å². The normalized spacial score (nSPS) is 20.8. The van der Waals surface area contributed by atoms with E-state index in [2.05, 4.69) is 48.2 Å². The van der Waals surface area contributed by atoms with Crippen molar-refractivity contribution in [3.8, 4) is 0 Å². The molecular weight excluding hydrogens is 198 g/mol. The first-order chi connectivity index (χ1) is 7.72. The molecule has 16 heavy (non-hydrogen) atoms. The number of likely N-dealkylation sites (N-methyl/N-ethyl adjacent to an activating group) is 1. The van der Waals surface area contributed by atoms with Crippen LogP contribution in [-0.4, -0.2) is 38.1 Å². The van der Waals surface area contributed by atoms with Gasteiger partial charge in [-0.1, -0.05) is 18.2 Å². The second-order valence-corrected chi connectivity index (χ2v) is 4.68. The number of hydrogen-bond acceptors (Lipinski definition) is 3. The van der Waals surface area contributed by atoms with Crippen molar-refractivity contribution in [2.45, 2.75) is 19.0 Å². The summed E-state index contributed by atoms with van der Waals surface area (Å²) in [5, 5.41) is 0. The zero-order chi connectivity index (χ0) is 11.5. The first kappa shape index (κ1) is 11.4. The second-order valence-electron chi connectivity index (χ2n) is 4.68. The summed E-state index contributed by atoms with van der Waals surface area (Å²) < 4.78 is 0. The molecule has 0 aliphatic carbocycles. The highest BCUT2D eigenvalue weighted by molar-refractivity contribution is 5.54. The van der Waals surface area contributed by atoms with Crippen LogP contribution < -0.4 is 10.6 Å². The van der Waals surface area contributed by atoms with Gasteiger partial charge in [0.25, 0.3) is 0 Å². The Labute approximate surface area is 97.8 Å². The largest absolute Gasteiger partial charge is 0.370 e. The Balaban J connectivity index is 2.14. The molecule has 1 heterocycles. The van der Waals surface area contributed by atoms with E-state index in [0.717, 1.165) is 13.1 Å². The third-order valence-corrected chi connectivity index (χ3v) is 3.45. The van der Waals surface area contributed by atoms with Crippen LogP contribution in [-0.2, 0) is 6.54 Å². The molecular formula is C13H21N3. The molecule has 1 atom stereocenters. The molecule has 0 saturated carbocycles. The maximum atomic E-state index is 5.78. The summed E-state index contributed by atoms with van der Waals surface area (Å²) >= 11 is 0. The van der Waals surface area contributed by atoms with E-state index in [-0.39, 0.29) is 0 Å². The van der Waals surface area contributed by atoms with Crippen molar-refractivity contribution in [2.24, 2.45) is 5.73 Å². The van der Waals surface area contributed by atoms with Crippen LogP contribution >= 0.6 is 0 Å². The van der Waals surface area contributed by atoms with Crippen molar-refractivity contribution in [1.82, 2.24) is 4.90 Å². The fourth-order valence-corrected chi connectivity index (χ4v) is 2.37. The second kappa shape index (κ2) is 4.85. The molecule has 1 aromatic carbocycles. The number of rotatable bonds is 3. The molecule has 3 heteroatoms. The first-order valence-corrected chi connectivity index (χ1v) is 5.91. The number of benzene rings is 1. The van der Waals surface area contributed by atoms with Crippen LogP contribution in [0.1, 0.15) is 12.0 Å². The number of hydrogen-bond donors (Lipinski definition) is 1. The lowest BCUT2D eigenvalue weighted by Gasteiger charge is -2.23. The summed E-state index contributed by atoms with van der Waals surface area (Å²) in [6.45, 7) is 2.88. The quantitative estimate of drug-likeness (QED) is 0.831. The van der Waals surface area contributed by atoms with E-state index < -0.39 is 0 Å². The van der Waals surface area contributed by atoms with Gasteiger partial charge in [0, 0.05) is 31.4 Å². The SMILES string of the molecule is CN(C)C1CCN(c2ccccc2CN)C1. The van der Waals surface area contributed by atoms with Crippen molar-refractivity contribution >= 4 is 5.69 Å². The Hall–Kier alpha value is -1.06. The Kier molecular flexibility index (Phi) is 3.46. The minimum absolute atomic E-state index is 0.624. The zero-order valence-electron chi connectivity index (χ0n) is 10.2. The minimum atomic E-state index is 0.624. The van der Waals surface area contributed by atoms with E-state index in [1.165, 1.54) is 17.7 Å². The summed E-state index contributed by atoms with van der Waals surface area (Å²) in [6, 6.07) is 9.13. The summed E-state index contributed by atoms with van der Waals surface area (Å²) in [5.41, 5.74) is 8.34. The van der Waals surface area contributed by atoms with Crippen molar-refractivity contribution in [2.75, 3.05) is 32.1 Å². The van der Waals surface area contributed by atoms with Gasteiger partial charge in [0.15, 0.2) is 0 Å². The third-order valence-electron chi connectivity index (χ3n) is 3.45. The molecule has 0 bridgehead atoms. The Bertz CT molecular complexity index is 349. The van der Waals surface area contributed by atoms with E-state index in [4.69, 9.17) is 5.73 Å². The molecule has 1 aliphatic rings. The van der Waals surface area contributed by atoms with Gasteiger partial charge in [-0.05, 0) is 32.1 Å². The van der Waals surface area contributed by atoms with Crippen LogP contribution in [0.2, 0.25) is 0 Å². The number of anilines is 1. The van der Waals surface area contributed by atoms with E-state index in [1.807, 2.05) is 0 Å². The summed E-state index contributed by atoms with van der Waals surface area (Å²) in [5.74, 6) is 0. The summed E-state index contributed by atoms with van der Waals surface area (Å²) in [6.07, 6.45) is 1.24. The zero-order valence-corrected chi connectivity index (χ0v) is 10.2. The van der Waals surface area contributed by atoms with Crippen LogP contribution in [0.25, 0.3) is 0 Å². The summed E-state index contributed by atoms with van der Waals surface area (Å²) in [7, 11) is 4.31. The summed E-state index contributed by atoms with van der Waals surface area (Å²) in [4.78, 5) is 4.76. The minimum Gasteiger partial charge on any atom is -0.370 e. The van der Waals surface area contributed by atoms with E-state index in [1.54, 1.807) is 0 Å². The van der Waals surface area contributed by atoms with Gasteiger partial charge in [0.1, 0.15) is 0 Å². The van der Waals surface area contributed by atoms with E-state index >= 15 is 0 Å². The predicted molar refractivity (Wildman–Crippen MR) is 68.6 cm³/mol. The fraction of sp³-hybridized carbons (Fsp3) is 0.538. The van der Waals surface area contributed by atoms with Crippen molar-refractivity contribution in [3.05, 3.63) is 29.8 Å². The number of nitrogens with zero attached hydrogens (tertiary/aromatic N) is 2. The molecule has 1 aliphatic heterocycles. The lowest BCUT2D eigenvalue weighted by Crippen LogP contribution is -2.31. The van der Waals surface area contributed by atoms with Gasteiger partial charge in [-0.15, -0.1) is 0 Å². The topological polar surface area (TPSA) is 32.5 Å². The average Bonchev–Trinajstić information content (AvgIpc) is 2.78. The third kappa shape index (κ3) is 2.20. The molecule has 2 N–H and O–H groups in total. The van der Waals surface area contributed by atoms with Gasteiger partial charge >= 0.3 is 0 Å². The van der Waals surface area contributed by atoms with Gasteiger partial charge in [-0.2, -0.15) is 0 Å². The van der Waals surface area contributed by atoms with E-state index in [0.29, 0.717) is 12.6 Å². The molecule has 0 spiro atoms. The molecule has 3 nitrogen and oxygen atoms in total. The number of para-hydroxylation sites is 1. The Morgan fingerprint density at radius 1 is 1.38 bits per heavy atom. The molecule has 1 saturated heterocycles. The van der Waals surface area contributed by atoms with Crippen molar-refractivity contribution in [1.29, 1.82) is 0 Å². The molecule has 1 unspecified atom stereocenters. The molecule has 0 radical (unpaired) electrons. The predicted octanol–water partition coefficient (Wildman–Crippen LogP) is 1.29. The molecule has 1 aromatic rings. The highest BCUT2D eigenvalue weighted by atomic mass is 15.2. The smallest absolute Gasteiger partial charge is 0.0412 e. The molecule has 88 valence electrons. The van der Waals surface area contributed by atoms with Gasteiger partial charge in [-0.3, -0.25) is 0 Å². The number of nitrogens with two attached hydrogens (primary N) is 1. The average molecular weight is 219 g/mol. The van der Waals surface area contributed by atoms with Gasteiger partial charge in [-0.25, -0.2) is 0 Å². The maximum Gasteiger partial charge on any atom is 0.0412 e. The van der Waals surface area contributed by atoms with Crippen LogP contribution in [0.4, 0.5) is 5.69 Å².